The maximum atomic E-state index is 8.99. The molecule has 3 nitrogen and oxygen atoms in total. The highest BCUT2D eigenvalue weighted by atomic mass is 16.5. The average molecular weight is 264 g/mol. The molecule has 2 rings (SSSR count). The minimum absolute atomic E-state index is 0.0827. The third-order valence-electron chi connectivity index (χ3n) is 3.58. The highest BCUT2D eigenvalue weighted by molar-refractivity contribution is 5.13. The van der Waals surface area contributed by atoms with E-state index in [1.807, 2.05) is 18.2 Å². The first-order valence-corrected chi connectivity index (χ1v) is 7.26. The van der Waals surface area contributed by atoms with Crippen LogP contribution in [-0.4, -0.2) is 30.5 Å². The molecule has 1 fully saturated rings. The fraction of sp³-hybridized carbons (Fsp3) is 0.625. The molecule has 2 atom stereocenters. The van der Waals surface area contributed by atoms with E-state index in [9.17, 15) is 0 Å². The van der Waals surface area contributed by atoms with Crippen LogP contribution in [0.4, 0.5) is 0 Å². The van der Waals surface area contributed by atoms with Gasteiger partial charge in [-0.2, -0.15) is 0 Å². The first kappa shape index (κ1) is 14.5. The zero-order chi connectivity index (χ0) is 13.3. The minimum atomic E-state index is 0.0827. The molecule has 0 bridgehead atoms. The van der Waals surface area contributed by atoms with Crippen LogP contribution in [0.1, 0.15) is 37.7 Å². The molecule has 0 radical (unpaired) electrons. The van der Waals surface area contributed by atoms with Crippen LogP contribution in [-0.2, 0) is 16.1 Å². The molecule has 1 aromatic carbocycles. The third kappa shape index (κ3) is 5.31. The number of ether oxygens (including phenoxy) is 2. The lowest BCUT2D eigenvalue weighted by atomic mass is 10.1. The maximum Gasteiger partial charge on any atom is 0.0810 e. The SMILES string of the molecule is OC[C@@H]1CCC(CCCCOCc2ccccc2)O1. The molecule has 0 saturated carbocycles. The lowest BCUT2D eigenvalue weighted by Crippen LogP contribution is -2.14. The van der Waals surface area contributed by atoms with E-state index in [0.717, 1.165) is 38.7 Å². The van der Waals surface area contributed by atoms with Gasteiger partial charge in [-0.1, -0.05) is 30.3 Å². The molecule has 0 spiro atoms. The van der Waals surface area contributed by atoms with Crippen LogP contribution in [0.25, 0.3) is 0 Å². The number of unbranched alkanes of at least 4 members (excludes halogenated alkanes) is 1. The molecule has 0 aliphatic carbocycles. The van der Waals surface area contributed by atoms with E-state index in [-0.39, 0.29) is 12.7 Å². The number of rotatable bonds is 8. The number of aliphatic hydroxyl groups excluding tert-OH is 1. The van der Waals surface area contributed by atoms with E-state index in [1.165, 1.54) is 5.56 Å². The third-order valence-corrected chi connectivity index (χ3v) is 3.58. The van der Waals surface area contributed by atoms with Gasteiger partial charge in [0, 0.05) is 6.61 Å². The highest BCUT2D eigenvalue weighted by Gasteiger charge is 2.23. The Hall–Kier alpha value is -0.900. The Morgan fingerprint density at radius 3 is 2.63 bits per heavy atom. The summed E-state index contributed by atoms with van der Waals surface area (Å²) in [5, 5.41) is 8.99. The number of aliphatic hydroxyl groups is 1. The second kappa shape index (κ2) is 8.31. The van der Waals surface area contributed by atoms with Crippen molar-refractivity contribution in [1.29, 1.82) is 0 Å². The van der Waals surface area contributed by atoms with Crippen LogP contribution < -0.4 is 0 Å². The van der Waals surface area contributed by atoms with E-state index in [0.29, 0.717) is 12.7 Å². The van der Waals surface area contributed by atoms with Crippen LogP contribution in [0.3, 0.4) is 0 Å². The zero-order valence-corrected chi connectivity index (χ0v) is 11.5. The Balaban J connectivity index is 1.47. The summed E-state index contributed by atoms with van der Waals surface area (Å²) in [5.74, 6) is 0. The Morgan fingerprint density at radius 1 is 1.11 bits per heavy atom. The first-order valence-electron chi connectivity index (χ1n) is 7.26. The van der Waals surface area contributed by atoms with Crippen molar-refractivity contribution in [2.24, 2.45) is 0 Å². The summed E-state index contributed by atoms with van der Waals surface area (Å²) in [7, 11) is 0. The van der Waals surface area contributed by atoms with Gasteiger partial charge in [0.1, 0.15) is 0 Å². The predicted molar refractivity (Wildman–Crippen MR) is 74.9 cm³/mol. The molecule has 1 unspecified atom stereocenters. The second-order valence-electron chi connectivity index (χ2n) is 5.17. The fourth-order valence-electron chi connectivity index (χ4n) is 2.47. The van der Waals surface area contributed by atoms with Crippen molar-refractivity contribution in [2.45, 2.75) is 50.9 Å². The fourth-order valence-corrected chi connectivity index (χ4v) is 2.47. The number of benzene rings is 1. The van der Waals surface area contributed by atoms with E-state index in [4.69, 9.17) is 14.6 Å². The van der Waals surface area contributed by atoms with Crippen LogP contribution in [0.15, 0.2) is 30.3 Å². The molecule has 1 aliphatic rings. The standard InChI is InChI=1S/C16H24O3/c17-12-16-10-9-15(19-16)8-4-5-11-18-13-14-6-2-1-3-7-14/h1-3,6-7,15-17H,4-5,8-13H2/t15?,16-/m0/s1. The molecule has 1 heterocycles. The summed E-state index contributed by atoms with van der Waals surface area (Å²) in [6, 6.07) is 10.3. The van der Waals surface area contributed by atoms with Crippen molar-refractivity contribution in [2.75, 3.05) is 13.2 Å². The van der Waals surface area contributed by atoms with E-state index >= 15 is 0 Å². The molecule has 106 valence electrons. The smallest absolute Gasteiger partial charge is 0.0810 e. The first-order chi connectivity index (χ1) is 9.38. The van der Waals surface area contributed by atoms with E-state index in [2.05, 4.69) is 12.1 Å². The van der Waals surface area contributed by atoms with E-state index in [1.54, 1.807) is 0 Å². The van der Waals surface area contributed by atoms with Crippen molar-refractivity contribution < 1.29 is 14.6 Å². The van der Waals surface area contributed by atoms with Gasteiger partial charge in [0.25, 0.3) is 0 Å². The molecule has 3 heteroatoms. The van der Waals surface area contributed by atoms with Crippen LogP contribution in [0.2, 0.25) is 0 Å². The number of hydrogen-bond donors (Lipinski definition) is 1. The van der Waals surface area contributed by atoms with Gasteiger partial charge < -0.3 is 14.6 Å². The lowest BCUT2D eigenvalue weighted by molar-refractivity contribution is 0.00654. The monoisotopic (exact) mass is 264 g/mol. The molecule has 0 amide bonds. The molecule has 1 aliphatic heterocycles. The van der Waals surface area contributed by atoms with Crippen LogP contribution in [0.5, 0.6) is 0 Å². The van der Waals surface area contributed by atoms with Gasteiger partial charge in [0.2, 0.25) is 0 Å². The summed E-state index contributed by atoms with van der Waals surface area (Å²) in [6.45, 7) is 1.68. The summed E-state index contributed by atoms with van der Waals surface area (Å²) in [6.07, 6.45) is 5.84. The van der Waals surface area contributed by atoms with Crippen molar-refractivity contribution in [3.63, 3.8) is 0 Å². The van der Waals surface area contributed by atoms with Crippen molar-refractivity contribution in [1.82, 2.24) is 0 Å². The summed E-state index contributed by atoms with van der Waals surface area (Å²) in [4.78, 5) is 0. The van der Waals surface area contributed by atoms with Crippen LogP contribution >= 0.6 is 0 Å². The topological polar surface area (TPSA) is 38.7 Å². The molecular weight excluding hydrogens is 240 g/mol. The van der Waals surface area contributed by atoms with Crippen molar-refractivity contribution in [3.8, 4) is 0 Å². The van der Waals surface area contributed by atoms with Gasteiger partial charge in [-0.05, 0) is 37.7 Å². The lowest BCUT2D eigenvalue weighted by Gasteiger charge is -2.11. The molecule has 19 heavy (non-hydrogen) atoms. The van der Waals surface area contributed by atoms with E-state index < -0.39 is 0 Å². The van der Waals surface area contributed by atoms with Crippen LogP contribution in [0, 0.1) is 0 Å². The van der Waals surface area contributed by atoms with Gasteiger partial charge in [-0.25, -0.2) is 0 Å². The van der Waals surface area contributed by atoms with Crippen molar-refractivity contribution in [3.05, 3.63) is 35.9 Å². The minimum Gasteiger partial charge on any atom is -0.394 e. The highest BCUT2D eigenvalue weighted by Crippen LogP contribution is 2.23. The predicted octanol–water partition coefficient (Wildman–Crippen LogP) is 2.91. The molecular formula is C16H24O3. The van der Waals surface area contributed by atoms with Gasteiger partial charge in [0.05, 0.1) is 25.4 Å². The Kier molecular flexibility index (Phi) is 6.34. The zero-order valence-electron chi connectivity index (χ0n) is 11.5. The Morgan fingerprint density at radius 2 is 1.89 bits per heavy atom. The van der Waals surface area contributed by atoms with Gasteiger partial charge in [0.15, 0.2) is 0 Å². The summed E-state index contributed by atoms with van der Waals surface area (Å²) in [5.41, 5.74) is 1.23. The normalized spacial score (nSPS) is 22.8. The summed E-state index contributed by atoms with van der Waals surface area (Å²) >= 11 is 0. The van der Waals surface area contributed by atoms with Gasteiger partial charge >= 0.3 is 0 Å². The Labute approximate surface area is 115 Å². The molecule has 1 saturated heterocycles. The molecule has 1 aromatic rings. The van der Waals surface area contributed by atoms with Gasteiger partial charge in [-0.15, -0.1) is 0 Å². The maximum absolute atomic E-state index is 8.99. The molecule has 0 aromatic heterocycles. The number of hydrogen-bond acceptors (Lipinski definition) is 3. The Bertz CT molecular complexity index is 339. The second-order valence-corrected chi connectivity index (χ2v) is 5.17. The largest absolute Gasteiger partial charge is 0.394 e. The molecule has 1 N–H and O–H groups in total. The quantitative estimate of drug-likeness (QED) is 0.734. The summed E-state index contributed by atoms with van der Waals surface area (Å²) < 4.78 is 11.3. The van der Waals surface area contributed by atoms with Gasteiger partial charge in [-0.3, -0.25) is 0 Å². The van der Waals surface area contributed by atoms with Crippen molar-refractivity contribution >= 4 is 0 Å². The average Bonchev–Trinajstić information content (AvgIpc) is 2.92.